The van der Waals surface area contributed by atoms with Crippen molar-refractivity contribution in [2.75, 3.05) is 31.1 Å². The molecule has 0 spiro atoms. The smallest absolute Gasteiger partial charge is 0.0555 e. The molecule has 0 bridgehead atoms. The lowest BCUT2D eigenvalue weighted by Crippen LogP contribution is -2.29. The number of anilines is 1. The van der Waals surface area contributed by atoms with Crippen LogP contribution in [0.25, 0.3) is 0 Å². The molecule has 1 aromatic rings. The van der Waals surface area contributed by atoms with Crippen LogP contribution in [-0.2, 0) is 0 Å². The van der Waals surface area contributed by atoms with Crippen molar-refractivity contribution < 1.29 is 0 Å². The predicted molar refractivity (Wildman–Crippen MR) is 63.2 cm³/mol. The molecule has 1 fully saturated rings. The van der Waals surface area contributed by atoms with Gasteiger partial charge >= 0.3 is 0 Å². The van der Waals surface area contributed by atoms with Crippen molar-refractivity contribution >= 4 is 5.69 Å². The summed E-state index contributed by atoms with van der Waals surface area (Å²) < 4.78 is 0. The van der Waals surface area contributed by atoms with E-state index in [4.69, 9.17) is 0 Å². The van der Waals surface area contributed by atoms with Crippen LogP contribution >= 0.6 is 0 Å². The normalized spacial score (nSPS) is 22.5. The van der Waals surface area contributed by atoms with Gasteiger partial charge in [-0.3, -0.25) is 4.98 Å². The van der Waals surface area contributed by atoms with E-state index in [0.29, 0.717) is 5.92 Å². The molecule has 0 radical (unpaired) electrons. The maximum atomic E-state index is 4.25. The molecule has 0 aliphatic carbocycles. The maximum Gasteiger partial charge on any atom is 0.0555 e. The van der Waals surface area contributed by atoms with E-state index in [-0.39, 0.29) is 0 Å². The van der Waals surface area contributed by atoms with E-state index in [1.54, 1.807) is 0 Å². The Morgan fingerprint density at radius 1 is 1.47 bits per heavy atom. The molecule has 3 heteroatoms. The summed E-state index contributed by atoms with van der Waals surface area (Å²) in [5, 5.41) is 3.45. The standard InChI is InChI=1S/C12H19N3/c1-10-5-12(8-14-6-10)15-4-3-13-7-11(2)9-15/h5-6,8,11,13H,3-4,7,9H2,1-2H3. The highest BCUT2D eigenvalue weighted by Crippen LogP contribution is 2.16. The fourth-order valence-corrected chi connectivity index (χ4v) is 2.04. The van der Waals surface area contributed by atoms with Gasteiger partial charge in [-0.2, -0.15) is 0 Å². The van der Waals surface area contributed by atoms with E-state index < -0.39 is 0 Å². The summed E-state index contributed by atoms with van der Waals surface area (Å²) in [6.07, 6.45) is 3.87. The van der Waals surface area contributed by atoms with Gasteiger partial charge in [0.15, 0.2) is 0 Å². The van der Waals surface area contributed by atoms with Crippen molar-refractivity contribution in [1.29, 1.82) is 0 Å². The summed E-state index contributed by atoms with van der Waals surface area (Å²) >= 11 is 0. The zero-order valence-electron chi connectivity index (χ0n) is 9.53. The van der Waals surface area contributed by atoms with Gasteiger partial charge in [0.25, 0.3) is 0 Å². The van der Waals surface area contributed by atoms with Gasteiger partial charge in [0.05, 0.1) is 11.9 Å². The van der Waals surface area contributed by atoms with E-state index in [0.717, 1.165) is 26.2 Å². The van der Waals surface area contributed by atoms with Gasteiger partial charge in [-0.05, 0) is 31.0 Å². The van der Waals surface area contributed by atoms with Gasteiger partial charge in [-0.15, -0.1) is 0 Å². The molecule has 1 aliphatic heterocycles. The first-order valence-corrected chi connectivity index (χ1v) is 5.63. The van der Waals surface area contributed by atoms with Crippen LogP contribution < -0.4 is 10.2 Å². The van der Waals surface area contributed by atoms with Crippen LogP contribution in [-0.4, -0.2) is 31.2 Å². The van der Waals surface area contributed by atoms with E-state index in [9.17, 15) is 0 Å². The Hall–Kier alpha value is -1.09. The summed E-state index contributed by atoms with van der Waals surface area (Å²) in [5.74, 6) is 0.702. The van der Waals surface area contributed by atoms with Crippen molar-refractivity contribution in [3.63, 3.8) is 0 Å². The van der Waals surface area contributed by atoms with Crippen LogP contribution in [0.1, 0.15) is 12.5 Å². The second-order valence-electron chi connectivity index (χ2n) is 4.48. The lowest BCUT2D eigenvalue weighted by Gasteiger charge is -2.24. The van der Waals surface area contributed by atoms with E-state index in [1.807, 2.05) is 12.4 Å². The minimum atomic E-state index is 0.702. The number of rotatable bonds is 1. The number of aryl methyl sites for hydroxylation is 1. The largest absolute Gasteiger partial charge is 0.369 e. The lowest BCUT2D eigenvalue weighted by molar-refractivity contribution is 0.564. The Kier molecular flexibility index (Phi) is 3.21. The molecule has 1 atom stereocenters. The van der Waals surface area contributed by atoms with Crippen LogP contribution in [0.5, 0.6) is 0 Å². The highest BCUT2D eigenvalue weighted by molar-refractivity contribution is 5.46. The molecule has 82 valence electrons. The van der Waals surface area contributed by atoms with Crippen LogP contribution in [0.15, 0.2) is 18.5 Å². The van der Waals surface area contributed by atoms with E-state index in [1.165, 1.54) is 11.3 Å². The van der Waals surface area contributed by atoms with Crippen molar-refractivity contribution in [2.24, 2.45) is 5.92 Å². The van der Waals surface area contributed by atoms with Gasteiger partial charge in [0.1, 0.15) is 0 Å². The topological polar surface area (TPSA) is 28.2 Å². The first-order valence-electron chi connectivity index (χ1n) is 5.63. The Labute approximate surface area is 91.5 Å². The molecule has 0 aromatic carbocycles. The van der Waals surface area contributed by atoms with E-state index >= 15 is 0 Å². The molecule has 0 saturated carbocycles. The fraction of sp³-hybridized carbons (Fsp3) is 0.583. The summed E-state index contributed by atoms with van der Waals surface area (Å²) in [6, 6.07) is 2.21. The minimum absolute atomic E-state index is 0.702. The Balaban J connectivity index is 2.14. The maximum absolute atomic E-state index is 4.25. The molecule has 0 amide bonds. The number of aromatic nitrogens is 1. The van der Waals surface area contributed by atoms with Crippen molar-refractivity contribution in [1.82, 2.24) is 10.3 Å². The summed E-state index contributed by atoms with van der Waals surface area (Å²) in [7, 11) is 0. The molecule has 2 rings (SSSR count). The number of nitrogens with zero attached hydrogens (tertiary/aromatic N) is 2. The molecule has 2 heterocycles. The predicted octanol–water partition coefficient (Wildman–Crippen LogP) is 1.44. The average molecular weight is 205 g/mol. The second kappa shape index (κ2) is 4.62. The first kappa shape index (κ1) is 10.4. The first-order chi connectivity index (χ1) is 7.25. The third-order valence-corrected chi connectivity index (χ3v) is 2.81. The average Bonchev–Trinajstić information content (AvgIpc) is 2.43. The highest BCUT2D eigenvalue weighted by Gasteiger charge is 2.14. The minimum Gasteiger partial charge on any atom is -0.369 e. The molecule has 1 unspecified atom stereocenters. The number of nitrogens with one attached hydrogen (secondary N) is 1. The summed E-state index contributed by atoms with van der Waals surface area (Å²) in [6.45, 7) is 8.77. The molecular weight excluding hydrogens is 186 g/mol. The summed E-state index contributed by atoms with van der Waals surface area (Å²) in [4.78, 5) is 6.67. The van der Waals surface area contributed by atoms with E-state index in [2.05, 4.69) is 35.1 Å². The molecule has 1 aromatic heterocycles. The number of pyridine rings is 1. The Morgan fingerprint density at radius 3 is 3.13 bits per heavy atom. The fourth-order valence-electron chi connectivity index (χ4n) is 2.04. The van der Waals surface area contributed by atoms with Crippen LogP contribution in [0.3, 0.4) is 0 Å². The lowest BCUT2D eigenvalue weighted by atomic mass is 10.1. The molecule has 3 nitrogen and oxygen atoms in total. The SMILES string of the molecule is Cc1cncc(N2CCNCC(C)C2)c1. The zero-order chi connectivity index (χ0) is 10.7. The quantitative estimate of drug-likeness (QED) is 0.752. The Morgan fingerprint density at radius 2 is 2.33 bits per heavy atom. The molecule has 1 saturated heterocycles. The third-order valence-electron chi connectivity index (χ3n) is 2.81. The molecule has 15 heavy (non-hydrogen) atoms. The third kappa shape index (κ3) is 2.69. The van der Waals surface area contributed by atoms with Gasteiger partial charge < -0.3 is 10.2 Å². The van der Waals surface area contributed by atoms with Crippen molar-refractivity contribution in [3.05, 3.63) is 24.0 Å². The zero-order valence-corrected chi connectivity index (χ0v) is 9.53. The van der Waals surface area contributed by atoms with Crippen molar-refractivity contribution in [3.8, 4) is 0 Å². The molecule has 1 N–H and O–H groups in total. The van der Waals surface area contributed by atoms with Crippen LogP contribution in [0.2, 0.25) is 0 Å². The monoisotopic (exact) mass is 205 g/mol. The van der Waals surface area contributed by atoms with Crippen LogP contribution in [0, 0.1) is 12.8 Å². The van der Waals surface area contributed by atoms with Gasteiger partial charge in [-0.25, -0.2) is 0 Å². The molecular formula is C12H19N3. The summed E-state index contributed by atoms with van der Waals surface area (Å²) in [5.41, 5.74) is 2.49. The van der Waals surface area contributed by atoms with Gasteiger partial charge in [0.2, 0.25) is 0 Å². The van der Waals surface area contributed by atoms with Gasteiger partial charge in [-0.1, -0.05) is 6.92 Å². The van der Waals surface area contributed by atoms with Crippen molar-refractivity contribution in [2.45, 2.75) is 13.8 Å². The second-order valence-corrected chi connectivity index (χ2v) is 4.48. The molecule has 1 aliphatic rings. The number of hydrogen-bond acceptors (Lipinski definition) is 3. The van der Waals surface area contributed by atoms with Gasteiger partial charge in [0, 0.05) is 25.8 Å². The van der Waals surface area contributed by atoms with Crippen LogP contribution in [0.4, 0.5) is 5.69 Å². The number of hydrogen-bond donors (Lipinski definition) is 1. The highest BCUT2D eigenvalue weighted by atomic mass is 15.2. The Bertz CT molecular complexity index is 324.